The number of nitrogens with zero attached hydrogens (tertiary/aromatic N) is 4. The number of aromatic nitrogens is 4. The van der Waals surface area contributed by atoms with Crippen LogP contribution in [0.25, 0.3) is 11.0 Å². The summed E-state index contributed by atoms with van der Waals surface area (Å²) in [6.45, 7) is 6.25. The van der Waals surface area contributed by atoms with Crippen LogP contribution in [0.5, 0.6) is 0 Å². The molecule has 0 aliphatic heterocycles. The highest BCUT2D eigenvalue weighted by Crippen LogP contribution is 2.27. The zero-order valence-electron chi connectivity index (χ0n) is 17.7. The summed E-state index contributed by atoms with van der Waals surface area (Å²) in [4.78, 5) is 34.2. The summed E-state index contributed by atoms with van der Waals surface area (Å²) >= 11 is 1.24. The van der Waals surface area contributed by atoms with Crippen LogP contribution in [0.4, 0.5) is 0 Å². The second kappa shape index (κ2) is 8.75. The Bertz CT molecular complexity index is 1150. The van der Waals surface area contributed by atoms with Gasteiger partial charge in [-0.2, -0.15) is 0 Å². The summed E-state index contributed by atoms with van der Waals surface area (Å²) < 4.78 is 13.0. The third-order valence-electron chi connectivity index (χ3n) is 4.48. The largest absolute Gasteiger partial charge is 0.467 e. The van der Waals surface area contributed by atoms with Crippen molar-refractivity contribution < 1.29 is 14.3 Å². The highest BCUT2D eigenvalue weighted by molar-refractivity contribution is 7.99. The number of aryl methyl sites for hydroxylation is 1. The standard InChI is InChI=1S/C20H26N4O5S/c1-20(2,3)18-21-15-14(17(26)24(5)19(27)23(15)4)16(22-18)30-11-12(25)9-28-10-13-7-6-8-29-13/h6-8,12,25H,9-11H2,1-5H3. The van der Waals surface area contributed by atoms with E-state index in [1.807, 2.05) is 20.8 Å². The lowest BCUT2D eigenvalue weighted by Crippen LogP contribution is -2.38. The van der Waals surface area contributed by atoms with E-state index in [9.17, 15) is 14.7 Å². The van der Waals surface area contributed by atoms with E-state index in [0.717, 1.165) is 4.57 Å². The molecule has 3 rings (SSSR count). The first-order valence-corrected chi connectivity index (χ1v) is 10.5. The van der Waals surface area contributed by atoms with Gasteiger partial charge in [0.15, 0.2) is 5.65 Å². The third-order valence-corrected chi connectivity index (χ3v) is 5.60. The predicted molar refractivity (Wildman–Crippen MR) is 114 cm³/mol. The highest BCUT2D eigenvalue weighted by atomic mass is 32.2. The third kappa shape index (κ3) is 4.66. The molecule has 162 valence electrons. The van der Waals surface area contributed by atoms with Crippen molar-refractivity contribution in [2.24, 2.45) is 14.1 Å². The Kier molecular flexibility index (Phi) is 6.49. The van der Waals surface area contributed by atoms with Crippen LogP contribution < -0.4 is 11.2 Å². The minimum atomic E-state index is -0.774. The number of ether oxygens (including phenoxy) is 1. The van der Waals surface area contributed by atoms with E-state index in [4.69, 9.17) is 9.15 Å². The Morgan fingerprint density at radius 2 is 1.97 bits per heavy atom. The Balaban J connectivity index is 1.88. The van der Waals surface area contributed by atoms with Gasteiger partial charge in [-0.25, -0.2) is 14.8 Å². The van der Waals surface area contributed by atoms with Crippen molar-refractivity contribution in [3.8, 4) is 0 Å². The molecule has 0 spiro atoms. The average molecular weight is 435 g/mol. The van der Waals surface area contributed by atoms with Crippen molar-refractivity contribution in [2.75, 3.05) is 12.4 Å². The van der Waals surface area contributed by atoms with Gasteiger partial charge in [0.25, 0.3) is 5.56 Å². The van der Waals surface area contributed by atoms with Crippen molar-refractivity contribution in [1.29, 1.82) is 0 Å². The number of hydrogen-bond donors (Lipinski definition) is 1. The smallest absolute Gasteiger partial charge is 0.332 e. The number of aliphatic hydroxyl groups is 1. The normalized spacial score (nSPS) is 13.1. The lowest BCUT2D eigenvalue weighted by atomic mass is 9.96. The fourth-order valence-corrected chi connectivity index (χ4v) is 3.70. The molecule has 9 nitrogen and oxygen atoms in total. The first kappa shape index (κ1) is 22.3. The van der Waals surface area contributed by atoms with Gasteiger partial charge in [-0.15, -0.1) is 11.8 Å². The number of hydrogen-bond acceptors (Lipinski definition) is 8. The fourth-order valence-electron chi connectivity index (χ4n) is 2.78. The van der Waals surface area contributed by atoms with Crippen molar-refractivity contribution in [2.45, 2.75) is 43.9 Å². The van der Waals surface area contributed by atoms with Gasteiger partial charge in [-0.3, -0.25) is 13.9 Å². The molecule has 0 bridgehead atoms. The maximum atomic E-state index is 12.8. The summed E-state index contributed by atoms with van der Waals surface area (Å²) in [5.74, 6) is 1.46. The Morgan fingerprint density at radius 3 is 2.60 bits per heavy atom. The van der Waals surface area contributed by atoms with Crippen LogP contribution in [0.2, 0.25) is 0 Å². The predicted octanol–water partition coefficient (Wildman–Crippen LogP) is 1.59. The van der Waals surface area contributed by atoms with Crippen molar-refractivity contribution in [3.05, 3.63) is 50.8 Å². The lowest BCUT2D eigenvalue weighted by molar-refractivity contribution is 0.0328. The zero-order chi connectivity index (χ0) is 22.1. The van der Waals surface area contributed by atoms with Gasteiger partial charge in [0.05, 0.1) is 19.0 Å². The molecular weight excluding hydrogens is 408 g/mol. The molecule has 0 aromatic carbocycles. The highest BCUT2D eigenvalue weighted by Gasteiger charge is 2.24. The van der Waals surface area contributed by atoms with Gasteiger partial charge in [-0.05, 0) is 12.1 Å². The van der Waals surface area contributed by atoms with Crippen LogP contribution in [-0.2, 0) is 30.9 Å². The topological polar surface area (TPSA) is 112 Å². The van der Waals surface area contributed by atoms with Gasteiger partial charge < -0.3 is 14.3 Å². The molecule has 0 saturated carbocycles. The zero-order valence-corrected chi connectivity index (χ0v) is 18.5. The van der Waals surface area contributed by atoms with Gasteiger partial charge in [-0.1, -0.05) is 20.8 Å². The molecule has 3 aromatic rings. The van der Waals surface area contributed by atoms with Crippen LogP contribution >= 0.6 is 11.8 Å². The summed E-state index contributed by atoms with van der Waals surface area (Å²) in [6, 6.07) is 3.56. The van der Waals surface area contributed by atoms with Gasteiger partial charge in [0.2, 0.25) is 0 Å². The van der Waals surface area contributed by atoms with Gasteiger partial charge in [0, 0.05) is 25.3 Å². The van der Waals surface area contributed by atoms with Crippen LogP contribution in [-0.4, -0.2) is 42.7 Å². The number of rotatable bonds is 7. The molecule has 3 aromatic heterocycles. The summed E-state index contributed by atoms with van der Waals surface area (Å²) in [6.07, 6.45) is 0.788. The van der Waals surface area contributed by atoms with E-state index in [1.54, 1.807) is 25.4 Å². The van der Waals surface area contributed by atoms with E-state index in [0.29, 0.717) is 16.6 Å². The molecule has 1 N–H and O–H groups in total. The molecule has 0 aliphatic carbocycles. The lowest BCUT2D eigenvalue weighted by Gasteiger charge is -2.19. The molecule has 0 radical (unpaired) electrons. The summed E-state index contributed by atoms with van der Waals surface area (Å²) in [7, 11) is 3.00. The molecule has 3 heterocycles. The van der Waals surface area contributed by atoms with Gasteiger partial charge in [0.1, 0.15) is 28.6 Å². The van der Waals surface area contributed by atoms with Crippen molar-refractivity contribution >= 4 is 22.8 Å². The van der Waals surface area contributed by atoms with Gasteiger partial charge >= 0.3 is 5.69 Å². The molecule has 10 heteroatoms. The Hall–Kier alpha value is -2.43. The maximum Gasteiger partial charge on any atom is 0.332 e. The number of thioether (sulfide) groups is 1. The Morgan fingerprint density at radius 1 is 1.23 bits per heavy atom. The van der Waals surface area contributed by atoms with E-state index < -0.39 is 17.4 Å². The SMILES string of the molecule is Cn1c(=O)c2c(SCC(O)COCc3ccco3)nc(C(C)(C)C)nc2n(C)c1=O. The second-order valence-electron chi connectivity index (χ2n) is 8.07. The van der Waals surface area contributed by atoms with Crippen LogP contribution in [0.1, 0.15) is 32.4 Å². The Labute approximate surface area is 177 Å². The minimum Gasteiger partial charge on any atom is -0.467 e. The average Bonchev–Trinajstić information content (AvgIpc) is 3.21. The van der Waals surface area contributed by atoms with Crippen molar-refractivity contribution in [3.63, 3.8) is 0 Å². The minimum absolute atomic E-state index is 0.110. The monoisotopic (exact) mass is 434 g/mol. The first-order chi connectivity index (χ1) is 14.1. The fraction of sp³-hybridized carbons (Fsp3) is 0.500. The molecule has 0 fully saturated rings. The number of fused-ring (bicyclic) bond motifs is 1. The van der Waals surface area contributed by atoms with E-state index in [1.165, 1.54) is 23.4 Å². The maximum absolute atomic E-state index is 12.8. The second-order valence-corrected chi connectivity index (χ2v) is 9.07. The molecule has 1 unspecified atom stereocenters. The molecule has 0 amide bonds. The number of furan rings is 1. The quantitative estimate of drug-likeness (QED) is 0.441. The molecule has 1 atom stereocenters. The molecular formula is C20H26N4O5S. The van der Waals surface area contributed by atoms with Crippen molar-refractivity contribution in [1.82, 2.24) is 19.1 Å². The molecule has 0 saturated heterocycles. The van der Waals surface area contributed by atoms with Crippen LogP contribution in [0, 0.1) is 0 Å². The number of aliphatic hydroxyl groups excluding tert-OH is 1. The van der Waals surface area contributed by atoms with E-state index in [2.05, 4.69) is 9.97 Å². The molecule has 30 heavy (non-hydrogen) atoms. The van der Waals surface area contributed by atoms with Crippen LogP contribution in [0.3, 0.4) is 0 Å². The van der Waals surface area contributed by atoms with E-state index >= 15 is 0 Å². The summed E-state index contributed by atoms with van der Waals surface area (Å²) in [5, 5.41) is 11.0. The van der Waals surface area contributed by atoms with Crippen LogP contribution in [0.15, 0.2) is 37.4 Å². The van der Waals surface area contributed by atoms with E-state index in [-0.39, 0.29) is 35.4 Å². The molecule has 0 aliphatic rings. The first-order valence-electron chi connectivity index (χ1n) is 9.49. The summed E-state index contributed by atoms with van der Waals surface area (Å²) in [5.41, 5.74) is -1.01.